The lowest BCUT2D eigenvalue weighted by molar-refractivity contribution is 0.0920. The normalized spacial score (nSPS) is 10.9. The van der Waals surface area contributed by atoms with Crippen molar-refractivity contribution in [2.45, 2.75) is 13.5 Å². The van der Waals surface area contributed by atoms with Gasteiger partial charge in [0, 0.05) is 10.9 Å². The Bertz CT molecular complexity index is 1100. The van der Waals surface area contributed by atoms with E-state index in [9.17, 15) is 4.79 Å². The summed E-state index contributed by atoms with van der Waals surface area (Å²) in [6.45, 7) is 2.11. The molecule has 0 unspecified atom stereocenters. The van der Waals surface area contributed by atoms with Gasteiger partial charge in [-0.2, -0.15) is 4.98 Å². The number of carbonyl (C=O) groups excluding carboxylic acids is 1. The van der Waals surface area contributed by atoms with Crippen LogP contribution in [0.4, 0.5) is 0 Å². The van der Waals surface area contributed by atoms with Crippen LogP contribution in [0.3, 0.4) is 0 Å². The third kappa shape index (κ3) is 3.39. The summed E-state index contributed by atoms with van der Waals surface area (Å²) in [6.07, 6.45) is 0. The summed E-state index contributed by atoms with van der Waals surface area (Å²) in [5.74, 6) is 1.18. The van der Waals surface area contributed by atoms with E-state index in [1.165, 1.54) is 0 Å². The maximum absolute atomic E-state index is 12.4. The van der Waals surface area contributed by atoms with Crippen LogP contribution in [-0.4, -0.2) is 23.2 Å². The molecule has 0 aliphatic rings. The van der Waals surface area contributed by atoms with Crippen molar-refractivity contribution in [3.8, 4) is 17.1 Å². The maximum atomic E-state index is 12.4. The number of amides is 1. The fraction of sp³-hybridized carbons (Fsp3) is 0.150. The smallest absolute Gasteiger partial charge is 0.287 e. The van der Waals surface area contributed by atoms with Crippen molar-refractivity contribution < 1.29 is 18.5 Å². The molecule has 1 N–H and O–H groups in total. The number of benzene rings is 2. The number of furan rings is 1. The molecule has 4 aromatic rings. The van der Waals surface area contributed by atoms with Gasteiger partial charge in [0.2, 0.25) is 11.7 Å². The average molecular weight is 363 g/mol. The van der Waals surface area contributed by atoms with Gasteiger partial charge in [-0.1, -0.05) is 47.1 Å². The fourth-order valence-electron chi connectivity index (χ4n) is 2.70. The Morgan fingerprint density at radius 1 is 1.19 bits per heavy atom. The Balaban J connectivity index is 1.46. The molecule has 136 valence electrons. The molecule has 0 aliphatic carbocycles. The third-order valence-corrected chi connectivity index (χ3v) is 4.13. The summed E-state index contributed by atoms with van der Waals surface area (Å²) in [4.78, 5) is 16.7. The molecule has 0 fully saturated rings. The van der Waals surface area contributed by atoms with Crippen LogP contribution in [0.2, 0.25) is 0 Å². The zero-order valence-corrected chi connectivity index (χ0v) is 14.9. The quantitative estimate of drug-likeness (QED) is 0.581. The monoisotopic (exact) mass is 363 g/mol. The number of aromatic nitrogens is 2. The molecule has 0 atom stereocenters. The molecule has 0 saturated carbocycles. The van der Waals surface area contributed by atoms with E-state index < -0.39 is 0 Å². The van der Waals surface area contributed by atoms with Gasteiger partial charge in [0.05, 0.1) is 13.7 Å². The van der Waals surface area contributed by atoms with E-state index in [2.05, 4.69) is 15.5 Å². The van der Waals surface area contributed by atoms with E-state index >= 15 is 0 Å². The Labute approximate surface area is 154 Å². The minimum absolute atomic E-state index is 0.103. The Morgan fingerprint density at radius 3 is 2.78 bits per heavy atom. The molecule has 7 nitrogen and oxygen atoms in total. The molecular formula is C20H17N3O4. The summed E-state index contributed by atoms with van der Waals surface area (Å²) in [6, 6.07) is 14.9. The lowest BCUT2D eigenvalue weighted by Gasteiger charge is -1.99. The molecular weight excluding hydrogens is 346 g/mol. The van der Waals surface area contributed by atoms with Gasteiger partial charge in [0.25, 0.3) is 5.91 Å². The number of rotatable bonds is 5. The highest BCUT2D eigenvalue weighted by Crippen LogP contribution is 2.28. The Hall–Kier alpha value is -3.61. The van der Waals surface area contributed by atoms with E-state index in [0.29, 0.717) is 23.0 Å². The second-order valence-corrected chi connectivity index (χ2v) is 6.05. The van der Waals surface area contributed by atoms with E-state index in [4.69, 9.17) is 13.7 Å². The number of ether oxygens (including phenoxy) is 1. The molecule has 2 aromatic heterocycles. The van der Waals surface area contributed by atoms with Crippen molar-refractivity contribution >= 4 is 16.9 Å². The first-order valence-corrected chi connectivity index (χ1v) is 8.38. The summed E-state index contributed by atoms with van der Waals surface area (Å²) in [5, 5.41) is 7.46. The van der Waals surface area contributed by atoms with Crippen LogP contribution >= 0.6 is 0 Å². The van der Waals surface area contributed by atoms with Gasteiger partial charge in [-0.05, 0) is 19.1 Å². The van der Waals surface area contributed by atoms with Crippen molar-refractivity contribution in [3.63, 3.8) is 0 Å². The van der Waals surface area contributed by atoms with Gasteiger partial charge in [-0.15, -0.1) is 0 Å². The summed E-state index contributed by atoms with van der Waals surface area (Å²) in [5.41, 5.74) is 2.54. The van der Waals surface area contributed by atoms with E-state index in [1.807, 2.05) is 43.3 Å². The van der Waals surface area contributed by atoms with E-state index in [-0.39, 0.29) is 18.2 Å². The van der Waals surface area contributed by atoms with Crippen LogP contribution in [0, 0.1) is 6.92 Å². The van der Waals surface area contributed by atoms with Crippen molar-refractivity contribution in [2.75, 3.05) is 7.11 Å². The molecule has 1 amide bonds. The highest BCUT2D eigenvalue weighted by Gasteiger charge is 2.16. The first-order valence-electron chi connectivity index (χ1n) is 8.38. The zero-order valence-electron chi connectivity index (χ0n) is 14.9. The zero-order chi connectivity index (χ0) is 18.8. The van der Waals surface area contributed by atoms with Gasteiger partial charge in [0.15, 0.2) is 17.1 Å². The standard InChI is InChI=1S/C20H17N3O4/c1-12-6-8-13(9-7-12)19-22-17(27-23-19)11-21-20(24)16-10-14-4-3-5-15(25-2)18(14)26-16/h3-10H,11H2,1-2H3,(H,21,24). The topological polar surface area (TPSA) is 90.4 Å². The third-order valence-electron chi connectivity index (χ3n) is 4.13. The second-order valence-electron chi connectivity index (χ2n) is 6.05. The maximum Gasteiger partial charge on any atom is 0.287 e. The first-order chi connectivity index (χ1) is 13.1. The van der Waals surface area contributed by atoms with Crippen LogP contribution in [0.1, 0.15) is 22.0 Å². The molecule has 27 heavy (non-hydrogen) atoms. The lowest BCUT2D eigenvalue weighted by atomic mass is 10.1. The molecule has 0 radical (unpaired) electrons. The lowest BCUT2D eigenvalue weighted by Crippen LogP contribution is -2.22. The summed E-state index contributed by atoms with van der Waals surface area (Å²) >= 11 is 0. The van der Waals surface area contributed by atoms with Crippen LogP contribution < -0.4 is 10.1 Å². The summed E-state index contributed by atoms with van der Waals surface area (Å²) < 4.78 is 16.1. The second kappa shape index (κ2) is 6.95. The van der Waals surface area contributed by atoms with E-state index in [0.717, 1.165) is 16.5 Å². The number of para-hydroxylation sites is 1. The van der Waals surface area contributed by atoms with Crippen molar-refractivity contribution in [1.29, 1.82) is 0 Å². The van der Waals surface area contributed by atoms with Gasteiger partial charge < -0.3 is 19.0 Å². The molecule has 0 aliphatic heterocycles. The highest BCUT2D eigenvalue weighted by molar-refractivity contribution is 5.97. The number of hydrogen-bond donors (Lipinski definition) is 1. The Morgan fingerprint density at radius 2 is 2.00 bits per heavy atom. The SMILES string of the molecule is COc1cccc2cc(C(=O)NCc3nc(-c4ccc(C)cc4)no3)oc12. The van der Waals surface area contributed by atoms with Gasteiger partial charge in [-0.25, -0.2) is 0 Å². The number of hydrogen-bond acceptors (Lipinski definition) is 6. The number of methoxy groups -OCH3 is 1. The van der Waals surface area contributed by atoms with Crippen LogP contribution in [0.5, 0.6) is 5.75 Å². The van der Waals surface area contributed by atoms with Crippen molar-refractivity contribution in [1.82, 2.24) is 15.5 Å². The number of nitrogens with zero attached hydrogens (tertiary/aromatic N) is 2. The predicted molar refractivity (Wildman–Crippen MR) is 98.4 cm³/mol. The molecule has 0 saturated heterocycles. The minimum atomic E-state index is -0.372. The van der Waals surface area contributed by atoms with Gasteiger partial charge >= 0.3 is 0 Å². The van der Waals surface area contributed by atoms with Gasteiger partial charge in [0.1, 0.15) is 0 Å². The van der Waals surface area contributed by atoms with Crippen LogP contribution in [-0.2, 0) is 6.54 Å². The van der Waals surface area contributed by atoms with E-state index in [1.54, 1.807) is 19.2 Å². The molecule has 7 heteroatoms. The summed E-state index contributed by atoms with van der Waals surface area (Å²) in [7, 11) is 1.55. The first kappa shape index (κ1) is 16.8. The Kier molecular flexibility index (Phi) is 4.33. The highest BCUT2D eigenvalue weighted by atomic mass is 16.5. The van der Waals surface area contributed by atoms with Gasteiger partial charge in [-0.3, -0.25) is 4.79 Å². The number of aryl methyl sites for hydroxylation is 1. The predicted octanol–water partition coefficient (Wildman–Crippen LogP) is 3.73. The van der Waals surface area contributed by atoms with Crippen molar-refractivity contribution in [3.05, 3.63) is 65.7 Å². The molecule has 2 heterocycles. The minimum Gasteiger partial charge on any atom is -0.493 e. The molecule has 0 spiro atoms. The number of nitrogens with one attached hydrogen (secondary N) is 1. The van der Waals surface area contributed by atoms with Crippen molar-refractivity contribution in [2.24, 2.45) is 0 Å². The van der Waals surface area contributed by atoms with Crippen LogP contribution in [0.15, 0.2) is 57.5 Å². The number of fused-ring (bicyclic) bond motifs is 1. The largest absolute Gasteiger partial charge is 0.493 e. The van der Waals surface area contributed by atoms with Crippen LogP contribution in [0.25, 0.3) is 22.4 Å². The molecule has 0 bridgehead atoms. The fourth-order valence-corrected chi connectivity index (χ4v) is 2.70. The molecule has 4 rings (SSSR count). The number of carbonyl (C=O) groups is 1. The molecule has 2 aromatic carbocycles. The average Bonchev–Trinajstić information content (AvgIpc) is 3.33.